The number of benzene rings is 2. The zero-order valence-corrected chi connectivity index (χ0v) is 16.1. The highest BCUT2D eigenvalue weighted by Crippen LogP contribution is 2.54. The third kappa shape index (κ3) is 2.90. The molecule has 28 heavy (non-hydrogen) atoms. The van der Waals surface area contributed by atoms with E-state index in [0.717, 1.165) is 11.1 Å². The minimum Gasteiger partial charge on any atom is -0.394 e. The molecule has 146 valence electrons. The summed E-state index contributed by atoms with van der Waals surface area (Å²) in [7, 11) is 0. The minimum absolute atomic E-state index is 0.0430. The first-order valence-electron chi connectivity index (χ1n) is 9.90. The zero-order chi connectivity index (χ0) is 19.7. The van der Waals surface area contributed by atoms with Gasteiger partial charge in [0.25, 0.3) is 0 Å². The number of nitrogens with zero attached hydrogens (tertiary/aromatic N) is 2. The predicted octanol–water partition coefficient (Wildman–Crippen LogP) is 2.21. The average Bonchev–Trinajstić information content (AvgIpc) is 2.67. The highest BCUT2D eigenvalue weighted by molar-refractivity contribution is 5.83. The summed E-state index contributed by atoms with van der Waals surface area (Å²) < 4.78 is 0. The molecule has 2 aliphatic heterocycles. The van der Waals surface area contributed by atoms with Crippen LogP contribution in [-0.4, -0.2) is 58.0 Å². The van der Waals surface area contributed by atoms with Crippen LogP contribution < -0.4 is 0 Å². The van der Waals surface area contributed by atoms with Crippen molar-refractivity contribution in [2.45, 2.75) is 37.3 Å². The van der Waals surface area contributed by atoms with Gasteiger partial charge in [-0.25, -0.2) is 0 Å². The molecule has 2 atom stereocenters. The number of carbonyl (C=O) groups is 2. The normalized spacial score (nSPS) is 22.5. The van der Waals surface area contributed by atoms with E-state index in [1.54, 1.807) is 0 Å². The fourth-order valence-corrected chi connectivity index (χ4v) is 4.91. The van der Waals surface area contributed by atoms with Gasteiger partial charge in [-0.1, -0.05) is 67.6 Å². The highest BCUT2D eigenvalue weighted by Gasteiger charge is 2.67. The lowest BCUT2D eigenvalue weighted by atomic mass is 9.60. The number of likely N-dealkylation sites (tertiary alicyclic amines) is 2. The van der Waals surface area contributed by atoms with E-state index in [9.17, 15) is 14.7 Å². The van der Waals surface area contributed by atoms with Crippen LogP contribution in [0.4, 0.5) is 0 Å². The fourth-order valence-electron chi connectivity index (χ4n) is 4.91. The number of hydrogen-bond acceptors (Lipinski definition) is 3. The molecule has 0 unspecified atom stereocenters. The molecular formula is C23H26N2O3. The first-order chi connectivity index (χ1) is 13.6. The molecule has 1 N–H and O–H groups in total. The van der Waals surface area contributed by atoms with Crippen LogP contribution in [0.3, 0.4) is 0 Å². The van der Waals surface area contributed by atoms with Crippen LogP contribution in [-0.2, 0) is 16.0 Å². The van der Waals surface area contributed by atoms with Crippen molar-refractivity contribution in [3.8, 4) is 0 Å². The molecule has 0 aliphatic carbocycles. The molecule has 2 heterocycles. The second-order valence-electron chi connectivity index (χ2n) is 7.77. The van der Waals surface area contributed by atoms with Crippen LogP contribution in [0, 0.1) is 0 Å². The molecule has 2 fully saturated rings. The predicted molar refractivity (Wildman–Crippen MR) is 107 cm³/mol. The van der Waals surface area contributed by atoms with Gasteiger partial charge in [0.1, 0.15) is 0 Å². The van der Waals surface area contributed by atoms with Gasteiger partial charge in [0.05, 0.1) is 24.6 Å². The minimum atomic E-state index is -0.395. The molecule has 1 spiro atoms. The second-order valence-corrected chi connectivity index (χ2v) is 7.77. The summed E-state index contributed by atoms with van der Waals surface area (Å²) in [6.45, 7) is 2.84. The first kappa shape index (κ1) is 18.7. The number of aliphatic hydroxyl groups excluding tert-OH is 1. The van der Waals surface area contributed by atoms with Crippen molar-refractivity contribution < 1.29 is 14.7 Å². The van der Waals surface area contributed by atoms with E-state index in [1.165, 1.54) is 0 Å². The van der Waals surface area contributed by atoms with E-state index < -0.39 is 5.54 Å². The Hall–Kier alpha value is -2.66. The quantitative estimate of drug-likeness (QED) is 0.868. The standard InChI is InChI=1S/C23H26N2O3/c1-2-20(27)25-19(14-26)22(18-11-7-4-8-12-18)23(25)15-24(16-23)21(28)13-17-9-5-3-6-10-17/h3-12,19,22,26H,2,13-16H2,1H3/t19-,22+/m1/s1. The molecule has 0 bridgehead atoms. The number of carbonyl (C=O) groups excluding carboxylic acids is 2. The van der Waals surface area contributed by atoms with Crippen LogP contribution >= 0.6 is 0 Å². The SMILES string of the molecule is CCC(=O)N1[C@H](CO)[C@H](c2ccccc2)C12CN(C(=O)Cc1ccccc1)C2. The van der Waals surface area contributed by atoms with Crippen molar-refractivity contribution in [2.24, 2.45) is 0 Å². The lowest BCUT2D eigenvalue weighted by molar-refractivity contribution is -0.202. The van der Waals surface area contributed by atoms with Crippen LogP contribution in [0.5, 0.6) is 0 Å². The summed E-state index contributed by atoms with van der Waals surface area (Å²) >= 11 is 0. The highest BCUT2D eigenvalue weighted by atomic mass is 16.3. The van der Waals surface area contributed by atoms with Gasteiger partial charge >= 0.3 is 0 Å². The van der Waals surface area contributed by atoms with E-state index in [2.05, 4.69) is 12.1 Å². The Bertz CT molecular complexity index is 847. The Balaban J connectivity index is 1.55. The summed E-state index contributed by atoms with van der Waals surface area (Å²) in [6.07, 6.45) is 0.774. The van der Waals surface area contributed by atoms with Crippen LogP contribution in [0.25, 0.3) is 0 Å². The molecule has 2 saturated heterocycles. The zero-order valence-electron chi connectivity index (χ0n) is 16.1. The fraction of sp³-hybridized carbons (Fsp3) is 0.391. The Labute approximate surface area is 165 Å². The van der Waals surface area contributed by atoms with Gasteiger partial charge in [0, 0.05) is 25.4 Å². The monoisotopic (exact) mass is 378 g/mol. The van der Waals surface area contributed by atoms with Gasteiger partial charge in [-0.15, -0.1) is 0 Å². The maximum absolute atomic E-state index is 12.7. The molecule has 2 aliphatic rings. The summed E-state index contributed by atoms with van der Waals surface area (Å²) in [4.78, 5) is 29.0. The largest absolute Gasteiger partial charge is 0.394 e. The van der Waals surface area contributed by atoms with E-state index in [-0.39, 0.29) is 30.4 Å². The van der Waals surface area contributed by atoms with E-state index >= 15 is 0 Å². The van der Waals surface area contributed by atoms with Crippen molar-refractivity contribution >= 4 is 11.8 Å². The summed E-state index contributed by atoms with van der Waals surface area (Å²) in [6, 6.07) is 19.5. The summed E-state index contributed by atoms with van der Waals surface area (Å²) in [5.74, 6) is 0.177. The molecule has 5 heteroatoms. The van der Waals surface area contributed by atoms with Crippen molar-refractivity contribution in [1.29, 1.82) is 0 Å². The van der Waals surface area contributed by atoms with Crippen molar-refractivity contribution in [3.63, 3.8) is 0 Å². The van der Waals surface area contributed by atoms with Crippen LogP contribution in [0.2, 0.25) is 0 Å². The molecule has 0 aromatic heterocycles. The smallest absolute Gasteiger partial charge is 0.227 e. The second kappa shape index (κ2) is 7.40. The number of amides is 2. The van der Waals surface area contributed by atoms with Gasteiger partial charge in [0.15, 0.2) is 0 Å². The van der Waals surface area contributed by atoms with Crippen LogP contribution in [0.1, 0.15) is 30.4 Å². The Morgan fingerprint density at radius 2 is 1.61 bits per heavy atom. The molecular weight excluding hydrogens is 352 g/mol. The van der Waals surface area contributed by atoms with Gasteiger partial charge in [-0.05, 0) is 11.1 Å². The lowest BCUT2D eigenvalue weighted by Gasteiger charge is -2.70. The summed E-state index contributed by atoms with van der Waals surface area (Å²) in [5, 5.41) is 9.98. The number of rotatable bonds is 5. The van der Waals surface area contributed by atoms with Gasteiger partial charge < -0.3 is 14.9 Å². The maximum Gasteiger partial charge on any atom is 0.227 e. The van der Waals surface area contributed by atoms with E-state index in [1.807, 2.05) is 65.3 Å². The maximum atomic E-state index is 12.7. The topological polar surface area (TPSA) is 60.9 Å². The third-order valence-corrected chi connectivity index (χ3v) is 6.17. The van der Waals surface area contributed by atoms with Gasteiger partial charge in [-0.3, -0.25) is 9.59 Å². The molecule has 0 saturated carbocycles. The Morgan fingerprint density at radius 3 is 2.18 bits per heavy atom. The van der Waals surface area contributed by atoms with Crippen molar-refractivity contribution in [1.82, 2.24) is 9.80 Å². The molecule has 5 nitrogen and oxygen atoms in total. The third-order valence-electron chi connectivity index (χ3n) is 6.17. The molecule has 2 amide bonds. The molecule has 2 aromatic carbocycles. The molecule has 2 aromatic rings. The van der Waals surface area contributed by atoms with Crippen molar-refractivity contribution in [3.05, 3.63) is 71.8 Å². The number of aliphatic hydroxyl groups is 1. The average molecular weight is 378 g/mol. The molecule has 0 radical (unpaired) electrons. The van der Waals surface area contributed by atoms with Crippen LogP contribution in [0.15, 0.2) is 60.7 Å². The Morgan fingerprint density at radius 1 is 1.00 bits per heavy atom. The van der Waals surface area contributed by atoms with Gasteiger partial charge in [-0.2, -0.15) is 0 Å². The van der Waals surface area contributed by atoms with Gasteiger partial charge in [0.2, 0.25) is 11.8 Å². The summed E-state index contributed by atoms with van der Waals surface area (Å²) in [5.41, 5.74) is 1.72. The van der Waals surface area contributed by atoms with E-state index in [4.69, 9.17) is 0 Å². The Kier molecular flexibility index (Phi) is 4.94. The lowest BCUT2D eigenvalue weighted by Crippen LogP contribution is -2.86. The number of hydrogen-bond donors (Lipinski definition) is 1. The van der Waals surface area contributed by atoms with Crippen molar-refractivity contribution in [2.75, 3.05) is 19.7 Å². The van der Waals surface area contributed by atoms with E-state index in [0.29, 0.717) is 25.9 Å². The first-order valence-corrected chi connectivity index (χ1v) is 9.90. The molecule has 4 rings (SSSR count).